The molecule has 0 heterocycles. The van der Waals surface area contributed by atoms with Crippen LogP contribution >= 0.6 is 11.6 Å². The molecule has 0 aliphatic carbocycles. The number of esters is 1. The van der Waals surface area contributed by atoms with E-state index < -0.39 is 5.97 Å². The molecule has 0 unspecified atom stereocenters. The molecular formula is C18H18ClNO5. The summed E-state index contributed by atoms with van der Waals surface area (Å²) in [5.41, 5.74) is 0.358. The van der Waals surface area contributed by atoms with Crippen LogP contribution in [0.4, 0.5) is 0 Å². The number of benzene rings is 2. The lowest BCUT2D eigenvalue weighted by molar-refractivity contribution is -0.123. The maximum Gasteiger partial charge on any atom is 0.337 e. The molecule has 0 spiro atoms. The molecule has 0 radical (unpaired) electrons. The lowest BCUT2D eigenvalue weighted by Gasteiger charge is -2.09. The topological polar surface area (TPSA) is 73.9 Å². The lowest BCUT2D eigenvalue weighted by Crippen LogP contribution is -2.32. The Bertz CT molecular complexity index is 718. The summed E-state index contributed by atoms with van der Waals surface area (Å²) in [5, 5.41) is 3.31. The molecular weight excluding hydrogens is 346 g/mol. The molecule has 0 saturated carbocycles. The summed E-state index contributed by atoms with van der Waals surface area (Å²) in [7, 11) is 1.30. The molecule has 0 aliphatic rings. The molecule has 1 N–H and O–H groups in total. The largest absolute Gasteiger partial charge is 0.492 e. The molecule has 0 atom stereocenters. The Hall–Kier alpha value is -2.73. The molecule has 2 aromatic rings. The van der Waals surface area contributed by atoms with E-state index in [0.29, 0.717) is 35.2 Å². The third-order valence-electron chi connectivity index (χ3n) is 3.13. The first kappa shape index (κ1) is 18.6. The Kier molecular flexibility index (Phi) is 7.10. The van der Waals surface area contributed by atoms with Gasteiger partial charge in [-0.1, -0.05) is 17.7 Å². The molecule has 25 heavy (non-hydrogen) atoms. The Morgan fingerprint density at radius 2 is 1.80 bits per heavy atom. The minimum atomic E-state index is -0.464. The molecule has 6 nitrogen and oxygen atoms in total. The number of ether oxygens (including phenoxy) is 3. The number of halogens is 1. The fourth-order valence-corrected chi connectivity index (χ4v) is 2.05. The highest BCUT2D eigenvalue weighted by molar-refractivity contribution is 6.30. The minimum absolute atomic E-state index is 0.161. The number of hydrogen-bond donors (Lipinski definition) is 1. The molecule has 132 valence electrons. The average Bonchev–Trinajstić information content (AvgIpc) is 2.64. The monoisotopic (exact) mass is 363 g/mol. The van der Waals surface area contributed by atoms with Crippen molar-refractivity contribution in [3.8, 4) is 11.5 Å². The summed E-state index contributed by atoms with van der Waals surface area (Å²) in [6, 6.07) is 13.4. The molecule has 1 amide bonds. The van der Waals surface area contributed by atoms with E-state index in [2.05, 4.69) is 10.1 Å². The Morgan fingerprint density at radius 3 is 2.52 bits per heavy atom. The van der Waals surface area contributed by atoms with Gasteiger partial charge in [-0.25, -0.2) is 4.79 Å². The van der Waals surface area contributed by atoms with Gasteiger partial charge in [0.2, 0.25) is 0 Å². The number of hydrogen-bond acceptors (Lipinski definition) is 5. The fourth-order valence-electron chi connectivity index (χ4n) is 1.92. The third-order valence-corrected chi connectivity index (χ3v) is 3.38. The molecule has 0 saturated heterocycles. The van der Waals surface area contributed by atoms with Gasteiger partial charge in [0.15, 0.2) is 6.61 Å². The van der Waals surface area contributed by atoms with Gasteiger partial charge in [0.25, 0.3) is 5.91 Å². The van der Waals surface area contributed by atoms with Crippen LogP contribution in [0.3, 0.4) is 0 Å². The van der Waals surface area contributed by atoms with Crippen LogP contribution in [0.2, 0.25) is 5.02 Å². The van der Waals surface area contributed by atoms with Gasteiger partial charge in [-0.15, -0.1) is 0 Å². The Labute approximate surface area is 150 Å². The summed E-state index contributed by atoms with van der Waals surface area (Å²) >= 11 is 5.78. The van der Waals surface area contributed by atoms with E-state index in [1.165, 1.54) is 13.2 Å². The molecule has 7 heteroatoms. The quantitative estimate of drug-likeness (QED) is 0.576. The van der Waals surface area contributed by atoms with Gasteiger partial charge in [0.1, 0.15) is 18.1 Å². The zero-order valence-electron chi connectivity index (χ0n) is 13.7. The van der Waals surface area contributed by atoms with Crippen LogP contribution in [0.1, 0.15) is 10.4 Å². The first-order valence-electron chi connectivity index (χ1n) is 7.55. The van der Waals surface area contributed by atoms with Crippen LogP contribution in [-0.4, -0.2) is 38.7 Å². The normalized spacial score (nSPS) is 10.0. The second kappa shape index (κ2) is 9.54. The molecule has 0 bridgehead atoms. The van der Waals surface area contributed by atoms with Crippen LogP contribution in [0.25, 0.3) is 0 Å². The Balaban J connectivity index is 1.68. The van der Waals surface area contributed by atoms with Crippen LogP contribution in [0.5, 0.6) is 11.5 Å². The first-order valence-corrected chi connectivity index (χ1v) is 7.92. The average molecular weight is 364 g/mol. The maximum absolute atomic E-state index is 11.7. The predicted molar refractivity (Wildman–Crippen MR) is 93.2 cm³/mol. The van der Waals surface area contributed by atoms with Crippen LogP contribution < -0.4 is 14.8 Å². The van der Waals surface area contributed by atoms with Crippen molar-refractivity contribution in [1.82, 2.24) is 5.32 Å². The van der Waals surface area contributed by atoms with Crippen molar-refractivity contribution in [2.45, 2.75) is 0 Å². The predicted octanol–water partition coefficient (Wildman–Crippen LogP) is 2.70. The van der Waals surface area contributed by atoms with Crippen LogP contribution in [-0.2, 0) is 9.53 Å². The maximum atomic E-state index is 11.7. The van der Waals surface area contributed by atoms with Gasteiger partial charge < -0.3 is 19.5 Å². The smallest absolute Gasteiger partial charge is 0.337 e. The lowest BCUT2D eigenvalue weighted by atomic mass is 10.2. The minimum Gasteiger partial charge on any atom is -0.492 e. The van der Waals surface area contributed by atoms with Gasteiger partial charge in [-0.05, 0) is 42.5 Å². The van der Waals surface area contributed by atoms with Crippen molar-refractivity contribution in [3.63, 3.8) is 0 Å². The van der Waals surface area contributed by atoms with Gasteiger partial charge in [-0.3, -0.25) is 4.79 Å². The summed E-state index contributed by atoms with van der Waals surface area (Å²) in [4.78, 5) is 23.2. The van der Waals surface area contributed by atoms with Crippen molar-refractivity contribution in [1.29, 1.82) is 0 Å². The molecule has 2 rings (SSSR count). The van der Waals surface area contributed by atoms with E-state index in [0.717, 1.165) is 0 Å². The fraction of sp³-hybridized carbons (Fsp3) is 0.222. The summed E-state index contributed by atoms with van der Waals surface area (Å²) in [5.74, 6) is 0.336. The highest BCUT2D eigenvalue weighted by Gasteiger charge is 2.07. The van der Waals surface area contributed by atoms with E-state index >= 15 is 0 Å². The van der Waals surface area contributed by atoms with Gasteiger partial charge >= 0.3 is 5.97 Å². The summed E-state index contributed by atoms with van der Waals surface area (Å²) in [6.45, 7) is 0.504. The van der Waals surface area contributed by atoms with E-state index in [-0.39, 0.29) is 12.5 Å². The zero-order valence-corrected chi connectivity index (χ0v) is 14.4. The van der Waals surface area contributed by atoms with Gasteiger partial charge in [0, 0.05) is 5.02 Å². The second-order valence-electron chi connectivity index (χ2n) is 4.96. The molecule has 0 fully saturated rings. The zero-order chi connectivity index (χ0) is 18.1. The second-order valence-corrected chi connectivity index (χ2v) is 5.40. The van der Waals surface area contributed by atoms with Crippen LogP contribution in [0, 0.1) is 0 Å². The molecule has 2 aromatic carbocycles. The number of amides is 1. The summed E-state index contributed by atoms with van der Waals surface area (Å²) < 4.78 is 15.4. The van der Waals surface area contributed by atoms with Crippen molar-refractivity contribution in [2.75, 3.05) is 26.9 Å². The van der Waals surface area contributed by atoms with E-state index in [1.54, 1.807) is 42.5 Å². The Morgan fingerprint density at radius 1 is 1.04 bits per heavy atom. The van der Waals surface area contributed by atoms with Crippen molar-refractivity contribution in [2.24, 2.45) is 0 Å². The molecule has 0 aromatic heterocycles. The number of methoxy groups -OCH3 is 1. The number of rotatable bonds is 8. The van der Waals surface area contributed by atoms with Crippen molar-refractivity contribution < 1.29 is 23.8 Å². The van der Waals surface area contributed by atoms with Crippen molar-refractivity contribution in [3.05, 3.63) is 59.1 Å². The number of carbonyl (C=O) groups is 2. The first-order chi connectivity index (χ1) is 12.1. The SMILES string of the molecule is COC(=O)c1cccc(OCC(=O)NCCOc2ccc(Cl)cc2)c1. The standard InChI is InChI=1S/C18H18ClNO5/c1-23-18(22)13-3-2-4-16(11-13)25-12-17(21)20-9-10-24-15-7-5-14(19)6-8-15/h2-8,11H,9-10,12H2,1H3,(H,20,21). The van der Waals surface area contributed by atoms with E-state index in [1.807, 2.05) is 0 Å². The van der Waals surface area contributed by atoms with E-state index in [4.69, 9.17) is 21.1 Å². The highest BCUT2D eigenvalue weighted by atomic mass is 35.5. The number of carbonyl (C=O) groups excluding carboxylic acids is 2. The van der Waals surface area contributed by atoms with Gasteiger partial charge in [-0.2, -0.15) is 0 Å². The number of nitrogens with one attached hydrogen (secondary N) is 1. The molecule has 0 aliphatic heterocycles. The van der Waals surface area contributed by atoms with Crippen LogP contribution in [0.15, 0.2) is 48.5 Å². The summed E-state index contributed by atoms with van der Waals surface area (Å²) in [6.07, 6.45) is 0. The van der Waals surface area contributed by atoms with E-state index in [9.17, 15) is 9.59 Å². The van der Waals surface area contributed by atoms with Crippen molar-refractivity contribution >= 4 is 23.5 Å². The highest BCUT2D eigenvalue weighted by Crippen LogP contribution is 2.15. The van der Waals surface area contributed by atoms with Gasteiger partial charge in [0.05, 0.1) is 19.2 Å². The third kappa shape index (κ3) is 6.35.